The van der Waals surface area contributed by atoms with Crippen LogP contribution in [-0.4, -0.2) is 25.5 Å². The Kier molecular flexibility index (Phi) is 6.00. The number of carbonyl (C=O) groups is 2. The zero-order valence-electron chi connectivity index (χ0n) is 12.5. The lowest BCUT2D eigenvalue weighted by molar-refractivity contribution is -0.143. The SMILES string of the molecule is COc1ccccc1C(=O)NCC(=O)OCc1ccccc1Cl. The molecule has 0 aromatic heterocycles. The van der Waals surface area contributed by atoms with Gasteiger partial charge in [-0.2, -0.15) is 0 Å². The molecule has 0 aliphatic heterocycles. The van der Waals surface area contributed by atoms with Gasteiger partial charge in [0.05, 0.1) is 12.7 Å². The minimum absolute atomic E-state index is 0.0586. The van der Waals surface area contributed by atoms with Gasteiger partial charge in [-0.3, -0.25) is 9.59 Å². The van der Waals surface area contributed by atoms with E-state index in [9.17, 15) is 9.59 Å². The first-order chi connectivity index (χ1) is 11.1. The van der Waals surface area contributed by atoms with Crippen molar-refractivity contribution in [3.05, 3.63) is 64.7 Å². The number of amides is 1. The molecule has 23 heavy (non-hydrogen) atoms. The molecule has 5 nitrogen and oxygen atoms in total. The van der Waals surface area contributed by atoms with Gasteiger partial charge in [0.2, 0.25) is 0 Å². The number of rotatable bonds is 6. The van der Waals surface area contributed by atoms with Crippen LogP contribution >= 0.6 is 11.6 Å². The number of esters is 1. The fourth-order valence-corrected chi connectivity index (χ4v) is 2.09. The number of halogens is 1. The van der Waals surface area contributed by atoms with E-state index in [-0.39, 0.29) is 13.2 Å². The van der Waals surface area contributed by atoms with Gasteiger partial charge in [-0.15, -0.1) is 0 Å². The van der Waals surface area contributed by atoms with Crippen molar-refractivity contribution in [1.29, 1.82) is 0 Å². The molecule has 0 aliphatic carbocycles. The molecule has 1 amide bonds. The summed E-state index contributed by atoms with van der Waals surface area (Å²) in [4.78, 5) is 23.7. The summed E-state index contributed by atoms with van der Waals surface area (Å²) in [6.45, 7) is -0.176. The second-order valence-electron chi connectivity index (χ2n) is 4.64. The maximum atomic E-state index is 12.0. The highest BCUT2D eigenvalue weighted by atomic mass is 35.5. The Bertz CT molecular complexity index is 702. The average Bonchev–Trinajstić information content (AvgIpc) is 2.58. The van der Waals surface area contributed by atoms with Gasteiger partial charge in [-0.25, -0.2) is 0 Å². The van der Waals surface area contributed by atoms with Crippen molar-refractivity contribution in [2.45, 2.75) is 6.61 Å². The van der Waals surface area contributed by atoms with E-state index in [0.29, 0.717) is 21.9 Å². The molecule has 120 valence electrons. The van der Waals surface area contributed by atoms with Gasteiger partial charge in [0, 0.05) is 10.6 Å². The van der Waals surface area contributed by atoms with Crippen LogP contribution in [-0.2, 0) is 16.1 Å². The third-order valence-electron chi connectivity index (χ3n) is 3.09. The number of ether oxygens (including phenoxy) is 2. The summed E-state index contributed by atoms with van der Waals surface area (Å²) in [7, 11) is 1.48. The van der Waals surface area contributed by atoms with Gasteiger partial charge in [0.25, 0.3) is 5.91 Å². The van der Waals surface area contributed by atoms with E-state index in [1.807, 2.05) is 0 Å². The zero-order valence-corrected chi connectivity index (χ0v) is 13.3. The molecular weight excluding hydrogens is 318 g/mol. The summed E-state index contributed by atoms with van der Waals surface area (Å²) in [5.41, 5.74) is 1.06. The van der Waals surface area contributed by atoms with Crippen LogP contribution in [0, 0.1) is 0 Å². The highest BCUT2D eigenvalue weighted by Crippen LogP contribution is 2.17. The molecule has 0 saturated carbocycles. The quantitative estimate of drug-likeness (QED) is 0.826. The van der Waals surface area contributed by atoms with Gasteiger partial charge in [0.1, 0.15) is 18.9 Å². The Morgan fingerprint density at radius 1 is 1.09 bits per heavy atom. The maximum absolute atomic E-state index is 12.0. The molecule has 0 saturated heterocycles. The fourth-order valence-electron chi connectivity index (χ4n) is 1.90. The third-order valence-corrected chi connectivity index (χ3v) is 3.46. The largest absolute Gasteiger partial charge is 0.496 e. The van der Waals surface area contributed by atoms with Crippen LogP contribution in [0.5, 0.6) is 5.75 Å². The van der Waals surface area contributed by atoms with E-state index in [0.717, 1.165) is 0 Å². The first-order valence-corrected chi connectivity index (χ1v) is 7.30. The van der Waals surface area contributed by atoms with E-state index in [4.69, 9.17) is 21.1 Å². The third kappa shape index (κ3) is 4.72. The van der Waals surface area contributed by atoms with Crippen LogP contribution in [0.4, 0.5) is 0 Å². The molecule has 0 atom stereocenters. The van der Waals surface area contributed by atoms with Crippen LogP contribution in [0.15, 0.2) is 48.5 Å². The van der Waals surface area contributed by atoms with Crippen molar-refractivity contribution in [2.24, 2.45) is 0 Å². The maximum Gasteiger partial charge on any atom is 0.325 e. The minimum Gasteiger partial charge on any atom is -0.496 e. The van der Waals surface area contributed by atoms with Crippen molar-refractivity contribution in [1.82, 2.24) is 5.32 Å². The van der Waals surface area contributed by atoms with Gasteiger partial charge in [0.15, 0.2) is 0 Å². The first kappa shape index (κ1) is 16.8. The second kappa shape index (κ2) is 8.19. The molecule has 2 aromatic carbocycles. The Balaban J connectivity index is 1.84. The van der Waals surface area contributed by atoms with Crippen molar-refractivity contribution >= 4 is 23.5 Å². The standard InChI is InChI=1S/C17H16ClNO4/c1-22-15-9-5-3-7-13(15)17(21)19-10-16(20)23-11-12-6-2-4-8-14(12)18/h2-9H,10-11H2,1H3,(H,19,21). The van der Waals surface area contributed by atoms with Gasteiger partial charge < -0.3 is 14.8 Å². The number of carbonyl (C=O) groups excluding carboxylic acids is 2. The molecular formula is C17H16ClNO4. The number of methoxy groups -OCH3 is 1. The molecule has 0 spiro atoms. The van der Waals surface area contributed by atoms with E-state index in [1.165, 1.54) is 7.11 Å². The van der Waals surface area contributed by atoms with Crippen LogP contribution in [0.1, 0.15) is 15.9 Å². The van der Waals surface area contributed by atoms with Crippen molar-refractivity contribution in [2.75, 3.05) is 13.7 Å². The van der Waals surface area contributed by atoms with Crippen LogP contribution in [0.25, 0.3) is 0 Å². The highest BCUT2D eigenvalue weighted by molar-refractivity contribution is 6.31. The lowest BCUT2D eigenvalue weighted by Crippen LogP contribution is -2.30. The van der Waals surface area contributed by atoms with Crippen LogP contribution in [0.3, 0.4) is 0 Å². The Hall–Kier alpha value is -2.53. The molecule has 0 heterocycles. The van der Waals surface area contributed by atoms with Crippen molar-refractivity contribution < 1.29 is 19.1 Å². The molecule has 2 aromatic rings. The normalized spacial score (nSPS) is 10.0. The highest BCUT2D eigenvalue weighted by Gasteiger charge is 2.13. The minimum atomic E-state index is -0.548. The Labute approximate surface area is 139 Å². The molecule has 2 rings (SSSR count). The van der Waals surface area contributed by atoms with Crippen LogP contribution < -0.4 is 10.1 Å². The van der Waals surface area contributed by atoms with E-state index in [2.05, 4.69) is 5.32 Å². The van der Waals surface area contributed by atoms with E-state index in [1.54, 1.807) is 48.5 Å². The molecule has 0 unspecified atom stereocenters. The summed E-state index contributed by atoms with van der Waals surface area (Å²) in [5, 5.41) is 3.02. The topological polar surface area (TPSA) is 64.6 Å². The Morgan fingerprint density at radius 2 is 1.78 bits per heavy atom. The average molecular weight is 334 g/mol. The fraction of sp³-hybridized carbons (Fsp3) is 0.176. The van der Waals surface area contributed by atoms with E-state index < -0.39 is 11.9 Å². The van der Waals surface area contributed by atoms with Crippen molar-refractivity contribution in [3.63, 3.8) is 0 Å². The van der Waals surface area contributed by atoms with E-state index >= 15 is 0 Å². The monoisotopic (exact) mass is 333 g/mol. The summed E-state index contributed by atoms with van der Waals surface area (Å²) < 4.78 is 10.2. The number of benzene rings is 2. The van der Waals surface area contributed by atoms with Crippen LogP contribution in [0.2, 0.25) is 5.02 Å². The lowest BCUT2D eigenvalue weighted by Gasteiger charge is -2.09. The Morgan fingerprint density at radius 3 is 2.52 bits per heavy atom. The molecule has 0 radical (unpaired) electrons. The predicted molar refractivity (Wildman–Crippen MR) is 86.6 cm³/mol. The summed E-state index contributed by atoms with van der Waals surface area (Å²) in [5.74, 6) is -0.514. The number of hydrogen-bond acceptors (Lipinski definition) is 4. The van der Waals surface area contributed by atoms with Crippen molar-refractivity contribution in [3.8, 4) is 5.75 Å². The van der Waals surface area contributed by atoms with Gasteiger partial charge in [-0.05, 0) is 18.2 Å². The number of para-hydroxylation sites is 1. The molecule has 0 fully saturated rings. The zero-order chi connectivity index (χ0) is 16.7. The summed E-state index contributed by atoms with van der Waals surface area (Å²) in [6.07, 6.45) is 0. The number of hydrogen-bond donors (Lipinski definition) is 1. The smallest absolute Gasteiger partial charge is 0.325 e. The predicted octanol–water partition coefficient (Wildman–Crippen LogP) is 2.82. The number of nitrogens with one attached hydrogen (secondary N) is 1. The second-order valence-corrected chi connectivity index (χ2v) is 5.04. The van der Waals surface area contributed by atoms with Gasteiger partial charge >= 0.3 is 5.97 Å². The first-order valence-electron chi connectivity index (χ1n) is 6.92. The lowest BCUT2D eigenvalue weighted by atomic mass is 10.2. The van der Waals surface area contributed by atoms with Gasteiger partial charge in [-0.1, -0.05) is 41.9 Å². The summed E-state index contributed by atoms with van der Waals surface area (Å²) in [6, 6.07) is 13.8. The molecule has 0 aliphatic rings. The molecule has 0 bridgehead atoms. The molecule has 6 heteroatoms. The molecule has 1 N–H and O–H groups in total. The summed E-state index contributed by atoms with van der Waals surface area (Å²) >= 11 is 5.97.